The number of rotatable bonds is 5. The van der Waals surface area contributed by atoms with Crippen molar-refractivity contribution in [1.82, 2.24) is 4.90 Å². The zero-order valence-corrected chi connectivity index (χ0v) is 17.3. The number of esters is 1. The predicted molar refractivity (Wildman–Crippen MR) is 105 cm³/mol. The summed E-state index contributed by atoms with van der Waals surface area (Å²) in [6, 6.07) is 4.91. The van der Waals surface area contributed by atoms with Crippen molar-refractivity contribution in [3.8, 4) is 0 Å². The van der Waals surface area contributed by atoms with Crippen LogP contribution in [0.3, 0.4) is 0 Å². The third-order valence-corrected chi connectivity index (χ3v) is 6.71. The van der Waals surface area contributed by atoms with Crippen LogP contribution in [0.25, 0.3) is 0 Å². The maximum absolute atomic E-state index is 12.6. The minimum absolute atomic E-state index is 0.206. The molecule has 154 valence electrons. The Morgan fingerprint density at radius 3 is 2.69 bits per heavy atom. The number of nitrogens with zero attached hydrogens (tertiary/aromatic N) is 2. The second-order valence-electron chi connectivity index (χ2n) is 6.64. The van der Waals surface area contributed by atoms with Gasteiger partial charge >= 0.3 is 5.97 Å². The van der Waals surface area contributed by atoms with Crippen molar-refractivity contribution in [2.24, 2.45) is 0 Å². The first kappa shape index (κ1) is 20.9. The van der Waals surface area contributed by atoms with Gasteiger partial charge in [-0.05, 0) is 42.5 Å². The number of nitro groups is 1. The van der Waals surface area contributed by atoms with Crippen molar-refractivity contribution in [1.29, 1.82) is 0 Å². The highest BCUT2D eigenvalue weighted by Gasteiger charge is 2.29. The van der Waals surface area contributed by atoms with Crippen LogP contribution >= 0.6 is 11.3 Å². The van der Waals surface area contributed by atoms with Crippen molar-refractivity contribution in [2.45, 2.75) is 30.9 Å². The Morgan fingerprint density at radius 2 is 2.03 bits per heavy atom. The molecule has 2 heterocycles. The molecule has 1 aromatic carbocycles. The Morgan fingerprint density at radius 1 is 1.31 bits per heavy atom. The molecule has 1 aliphatic rings. The quantitative estimate of drug-likeness (QED) is 0.398. The van der Waals surface area contributed by atoms with Crippen LogP contribution in [-0.4, -0.2) is 49.0 Å². The first-order valence-corrected chi connectivity index (χ1v) is 11.4. The lowest BCUT2D eigenvalue weighted by atomic mass is 10.1. The lowest BCUT2D eigenvalue weighted by Gasteiger charge is -2.29. The van der Waals surface area contributed by atoms with Gasteiger partial charge in [0.1, 0.15) is 4.90 Å². The van der Waals surface area contributed by atoms with E-state index >= 15 is 0 Å². The fraction of sp³-hybridized carbons (Fsp3) is 0.333. The lowest BCUT2D eigenvalue weighted by Crippen LogP contribution is -2.42. The van der Waals surface area contributed by atoms with E-state index in [-0.39, 0.29) is 11.5 Å². The summed E-state index contributed by atoms with van der Waals surface area (Å²) in [5.74, 6) is -1.31. The SMILES string of the molecule is CC(OC(=O)c1ccc(S(C)(=O)=O)c([N+](=O)[O-])c1)C(=O)N1CCc2sccc2C1. The highest BCUT2D eigenvalue weighted by atomic mass is 32.2. The fourth-order valence-electron chi connectivity index (χ4n) is 3.07. The molecule has 0 N–H and O–H groups in total. The summed E-state index contributed by atoms with van der Waals surface area (Å²) in [6.07, 6.45) is 0.487. The van der Waals surface area contributed by atoms with Crippen LogP contribution in [0.5, 0.6) is 0 Å². The van der Waals surface area contributed by atoms with Crippen molar-refractivity contribution in [2.75, 3.05) is 12.8 Å². The second-order valence-corrected chi connectivity index (χ2v) is 9.62. The van der Waals surface area contributed by atoms with E-state index in [1.54, 1.807) is 16.2 Å². The minimum atomic E-state index is -3.85. The average molecular weight is 438 g/mol. The van der Waals surface area contributed by atoms with Gasteiger partial charge < -0.3 is 9.64 Å². The Hall–Kier alpha value is -2.79. The molecule has 0 aliphatic carbocycles. The van der Waals surface area contributed by atoms with Crippen molar-refractivity contribution in [3.05, 3.63) is 55.8 Å². The molecular formula is C18H18N2O7S2. The molecule has 1 aromatic heterocycles. The molecule has 2 aromatic rings. The van der Waals surface area contributed by atoms with Gasteiger partial charge in [-0.1, -0.05) is 0 Å². The van der Waals surface area contributed by atoms with Gasteiger partial charge in [0.25, 0.3) is 11.6 Å². The van der Waals surface area contributed by atoms with Crippen LogP contribution in [0.1, 0.15) is 27.7 Å². The van der Waals surface area contributed by atoms with E-state index in [2.05, 4.69) is 0 Å². The molecule has 0 saturated heterocycles. The smallest absolute Gasteiger partial charge is 0.339 e. The maximum atomic E-state index is 12.6. The predicted octanol–water partition coefficient (Wildman–Crippen LogP) is 2.19. The minimum Gasteiger partial charge on any atom is -0.449 e. The third-order valence-electron chi connectivity index (χ3n) is 4.54. The number of benzene rings is 1. The zero-order valence-electron chi connectivity index (χ0n) is 15.7. The normalized spacial score (nSPS) is 14.8. The van der Waals surface area contributed by atoms with Crippen LogP contribution in [0.2, 0.25) is 0 Å². The van der Waals surface area contributed by atoms with Gasteiger partial charge in [-0.15, -0.1) is 11.3 Å². The summed E-state index contributed by atoms with van der Waals surface area (Å²) >= 11 is 1.64. The molecule has 1 unspecified atom stereocenters. The topological polar surface area (TPSA) is 124 Å². The zero-order chi connectivity index (χ0) is 21.3. The monoisotopic (exact) mass is 438 g/mol. The number of nitro benzene ring substituents is 1. The number of carbonyl (C=O) groups excluding carboxylic acids is 2. The largest absolute Gasteiger partial charge is 0.449 e. The Kier molecular flexibility index (Phi) is 5.71. The molecular weight excluding hydrogens is 420 g/mol. The molecule has 0 saturated carbocycles. The molecule has 0 radical (unpaired) electrons. The van der Waals surface area contributed by atoms with E-state index in [1.807, 2.05) is 11.4 Å². The molecule has 1 aliphatic heterocycles. The summed E-state index contributed by atoms with van der Waals surface area (Å²) in [6.45, 7) is 2.39. The maximum Gasteiger partial charge on any atom is 0.339 e. The number of hydrogen-bond acceptors (Lipinski definition) is 8. The van der Waals surface area contributed by atoms with Gasteiger partial charge in [0.2, 0.25) is 0 Å². The van der Waals surface area contributed by atoms with Gasteiger partial charge in [-0.2, -0.15) is 0 Å². The van der Waals surface area contributed by atoms with E-state index in [0.29, 0.717) is 13.1 Å². The molecule has 1 atom stereocenters. The van der Waals surface area contributed by atoms with Gasteiger partial charge in [0, 0.05) is 30.3 Å². The summed E-state index contributed by atoms with van der Waals surface area (Å²) in [5, 5.41) is 13.2. The van der Waals surface area contributed by atoms with Gasteiger partial charge in [0.15, 0.2) is 15.9 Å². The molecule has 9 nitrogen and oxygen atoms in total. The van der Waals surface area contributed by atoms with E-state index in [0.717, 1.165) is 36.4 Å². The van der Waals surface area contributed by atoms with Crippen LogP contribution in [-0.2, 0) is 32.3 Å². The fourth-order valence-corrected chi connectivity index (χ4v) is 4.79. The highest BCUT2D eigenvalue weighted by molar-refractivity contribution is 7.90. The summed E-state index contributed by atoms with van der Waals surface area (Å²) in [7, 11) is -3.85. The Balaban J connectivity index is 1.73. The number of thiophene rings is 1. The first-order chi connectivity index (χ1) is 13.6. The van der Waals surface area contributed by atoms with E-state index < -0.39 is 37.4 Å². The highest BCUT2D eigenvalue weighted by Crippen LogP contribution is 2.26. The standard InChI is InChI=1S/C18H18N2O7S2/c1-11(17(21)19-7-5-15-13(10-19)6-8-28-15)27-18(22)12-3-4-16(29(2,25)26)14(9-12)20(23)24/h3-4,6,8-9,11H,5,7,10H2,1-2H3. The van der Waals surface area contributed by atoms with Gasteiger partial charge in [0.05, 0.1) is 10.5 Å². The van der Waals surface area contributed by atoms with Crippen LogP contribution in [0, 0.1) is 10.1 Å². The van der Waals surface area contributed by atoms with Crippen molar-refractivity contribution >= 4 is 38.7 Å². The van der Waals surface area contributed by atoms with E-state index in [9.17, 15) is 28.1 Å². The number of hydrogen-bond donors (Lipinski definition) is 0. The molecule has 0 bridgehead atoms. The molecule has 0 fully saturated rings. The summed E-state index contributed by atoms with van der Waals surface area (Å²) in [4.78, 5) is 37.6. The lowest BCUT2D eigenvalue weighted by molar-refractivity contribution is -0.387. The Labute approximate surface area is 171 Å². The van der Waals surface area contributed by atoms with E-state index in [1.165, 1.54) is 11.8 Å². The summed E-state index contributed by atoms with van der Waals surface area (Å²) in [5.41, 5.74) is 0.143. The van der Waals surface area contributed by atoms with Crippen LogP contribution in [0.4, 0.5) is 5.69 Å². The van der Waals surface area contributed by atoms with Gasteiger partial charge in [-0.25, -0.2) is 13.2 Å². The number of fused-ring (bicyclic) bond motifs is 1. The van der Waals surface area contributed by atoms with Crippen molar-refractivity contribution in [3.63, 3.8) is 0 Å². The number of amides is 1. The van der Waals surface area contributed by atoms with Crippen molar-refractivity contribution < 1.29 is 27.7 Å². The second kappa shape index (κ2) is 7.91. The number of ether oxygens (including phenoxy) is 1. The first-order valence-electron chi connectivity index (χ1n) is 8.61. The summed E-state index contributed by atoms with van der Waals surface area (Å²) < 4.78 is 28.5. The van der Waals surface area contributed by atoms with Crippen LogP contribution < -0.4 is 0 Å². The average Bonchev–Trinajstić information content (AvgIpc) is 3.13. The number of sulfone groups is 1. The van der Waals surface area contributed by atoms with Gasteiger partial charge in [-0.3, -0.25) is 14.9 Å². The third kappa shape index (κ3) is 4.46. The van der Waals surface area contributed by atoms with E-state index in [4.69, 9.17) is 4.74 Å². The Bertz CT molecular complexity index is 1090. The molecule has 1 amide bonds. The number of carbonyl (C=O) groups is 2. The molecule has 3 rings (SSSR count). The van der Waals surface area contributed by atoms with Crippen LogP contribution in [0.15, 0.2) is 34.5 Å². The molecule has 11 heteroatoms. The molecule has 0 spiro atoms. The molecule has 29 heavy (non-hydrogen) atoms.